The Morgan fingerprint density at radius 1 is 0.886 bits per heavy atom. The fraction of sp³-hybridized carbons (Fsp3) is 0.0370. The third-order valence-electron chi connectivity index (χ3n) is 5.12. The molecular formula is C27H20N2O5S. The van der Waals surface area contributed by atoms with Crippen LogP contribution in [0.4, 0.5) is 5.69 Å². The number of carbonyl (C=O) groups excluding carboxylic acids is 1. The summed E-state index contributed by atoms with van der Waals surface area (Å²) in [6, 6.07) is 26.8. The topological polar surface area (TPSA) is 105 Å². The van der Waals surface area contributed by atoms with Crippen molar-refractivity contribution in [2.45, 2.75) is 4.90 Å². The summed E-state index contributed by atoms with van der Waals surface area (Å²) in [6.45, 7) is 0. The van der Waals surface area contributed by atoms with Gasteiger partial charge in [-0.15, -0.1) is 0 Å². The second kappa shape index (κ2) is 10.1. The van der Waals surface area contributed by atoms with E-state index >= 15 is 0 Å². The van der Waals surface area contributed by atoms with E-state index in [4.69, 9.17) is 8.92 Å². The first-order chi connectivity index (χ1) is 16.9. The van der Waals surface area contributed by atoms with Gasteiger partial charge < -0.3 is 14.2 Å². The number of rotatable bonds is 7. The molecule has 0 saturated heterocycles. The van der Waals surface area contributed by atoms with Gasteiger partial charge in [-0.3, -0.25) is 4.79 Å². The molecule has 1 N–H and O–H groups in total. The minimum Gasteiger partial charge on any atom is -0.497 e. The van der Waals surface area contributed by atoms with E-state index < -0.39 is 16.0 Å². The Kier molecular flexibility index (Phi) is 6.81. The Hall–Kier alpha value is -4.61. The van der Waals surface area contributed by atoms with Gasteiger partial charge in [-0.25, -0.2) is 0 Å². The number of hydrogen-bond donors (Lipinski definition) is 1. The highest BCUT2D eigenvalue weighted by atomic mass is 32.2. The van der Waals surface area contributed by atoms with E-state index in [1.807, 2.05) is 30.3 Å². The fourth-order valence-electron chi connectivity index (χ4n) is 3.31. The molecule has 1 amide bonds. The molecule has 7 nitrogen and oxygen atoms in total. The van der Waals surface area contributed by atoms with Gasteiger partial charge in [0.1, 0.15) is 28.0 Å². The quantitative estimate of drug-likeness (QED) is 0.221. The molecule has 4 aromatic carbocycles. The van der Waals surface area contributed by atoms with Crippen molar-refractivity contribution in [1.82, 2.24) is 0 Å². The first-order valence-electron chi connectivity index (χ1n) is 10.5. The Balaban J connectivity index is 1.47. The van der Waals surface area contributed by atoms with Crippen molar-refractivity contribution < 1.29 is 22.1 Å². The number of ether oxygens (including phenoxy) is 1. The van der Waals surface area contributed by atoms with Crippen LogP contribution in [0.5, 0.6) is 11.5 Å². The average molecular weight is 485 g/mol. The molecule has 8 heteroatoms. The minimum absolute atomic E-state index is 0.0437. The molecule has 0 bridgehead atoms. The number of nitrogens with one attached hydrogen (secondary N) is 1. The smallest absolute Gasteiger partial charge is 0.339 e. The molecule has 0 atom stereocenters. The van der Waals surface area contributed by atoms with Crippen molar-refractivity contribution >= 4 is 38.6 Å². The largest absolute Gasteiger partial charge is 0.497 e. The van der Waals surface area contributed by atoms with Crippen LogP contribution in [-0.4, -0.2) is 21.4 Å². The number of hydrogen-bond acceptors (Lipinski definition) is 6. The van der Waals surface area contributed by atoms with Crippen molar-refractivity contribution in [3.8, 4) is 17.6 Å². The molecule has 4 rings (SSSR count). The van der Waals surface area contributed by atoms with Crippen molar-refractivity contribution in [2.24, 2.45) is 0 Å². The summed E-state index contributed by atoms with van der Waals surface area (Å²) in [7, 11) is -2.50. The number of methoxy groups -OCH3 is 1. The molecule has 0 radical (unpaired) electrons. The maximum Gasteiger partial charge on any atom is 0.339 e. The van der Waals surface area contributed by atoms with E-state index in [2.05, 4.69) is 5.32 Å². The lowest BCUT2D eigenvalue weighted by Gasteiger charge is -2.08. The summed E-state index contributed by atoms with van der Waals surface area (Å²) < 4.78 is 35.8. The molecule has 0 unspecified atom stereocenters. The number of fused-ring (bicyclic) bond motifs is 1. The van der Waals surface area contributed by atoms with Crippen LogP contribution in [0.2, 0.25) is 0 Å². The monoisotopic (exact) mass is 484 g/mol. The highest BCUT2D eigenvalue weighted by Gasteiger charge is 2.17. The van der Waals surface area contributed by atoms with E-state index in [9.17, 15) is 18.5 Å². The van der Waals surface area contributed by atoms with E-state index in [0.29, 0.717) is 17.0 Å². The molecule has 35 heavy (non-hydrogen) atoms. The first-order valence-corrected chi connectivity index (χ1v) is 11.9. The van der Waals surface area contributed by atoms with Gasteiger partial charge in [-0.2, -0.15) is 13.7 Å². The van der Waals surface area contributed by atoms with Crippen LogP contribution in [0, 0.1) is 11.3 Å². The summed E-state index contributed by atoms with van der Waals surface area (Å²) in [5.41, 5.74) is 0.930. The van der Waals surface area contributed by atoms with Crippen LogP contribution < -0.4 is 14.2 Å². The van der Waals surface area contributed by atoms with E-state index in [0.717, 1.165) is 10.8 Å². The van der Waals surface area contributed by atoms with Gasteiger partial charge in [0.25, 0.3) is 5.91 Å². The van der Waals surface area contributed by atoms with Crippen molar-refractivity contribution in [2.75, 3.05) is 12.4 Å². The Morgan fingerprint density at radius 3 is 2.20 bits per heavy atom. The molecule has 0 aromatic heterocycles. The molecule has 0 fully saturated rings. The molecule has 0 heterocycles. The standard InChI is InChI=1S/C27H20N2O5S/c1-33-24-13-9-23(10-14-24)29-27(30)22(18-28)16-19-6-11-25(12-7-19)34-35(31,32)26-15-8-20-4-2-3-5-21(20)17-26/h2-17H,1H3,(H,29,30)/b22-16+. The van der Waals surface area contributed by atoms with Crippen molar-refractivity contribution in [3.63, 3.8) is 0 Å². The SMILES string of the molecule is COc1ccc(NC(=O)/C(C#N)=C/c2ccc(OS(=O)(=O)c3ccc4ccccc4c3)cc2)cc1. The number of benzene rings is 4. The third kappa shape index (κ3) is 5.66. The molecule has 0 aliphatic rings. The zero-order chi connectivity index (χ0) is 24.8. The first kappa shape index (κ1) is 23.5. The summed E-state index contributed by atoms with van der Waals surface area (Å²) in [6.07, 6.45) is 1.40. The van der Waals surface area contributed by atoms with Crippen LogP contribution in [0.25, 0.3) is 16.8 Å². The molecule has 4 aromatic rings. The number of anilines is 1. The predicted octanol–water partition coefficient (Wildman–Crippen LogP) is 5.16. The van der Waals surface area contributed by atoms with Gasteiger partial charge in [-0.05, 0) is 70.9 Å². The predicted molar refractivity (Wildman–Crippen MR) is 133 cm³/mol. The van der Waals surface area contributed by atoms with Crippen molar-refractivity contribution in [3.05, 3.63) is 102 Å². The van der Waals surface area contributed by atoms with E-state index in [-0.39, 0.29) is 16.2 Å². The second-order valence-corrected chi connectivity index (χ2v) is 9.01. The van der Waals surface area contributed by atoms with Gasteiger partial charge in [0.2, 0.25) is 0 Å². The number of carbonyl (C=O) groups is 1. The van der Waals surface area contributed by atoms with E-state index in [1.54, 1.807) is 55.6 Å². The van der Waals surface area contributed by atoms with Gasteiger partial charge in [0.15, 0.2) is 0 Å². The van der Waals surface area contributed by atoms with Crippen LogP contribution >= 0.6 is 0 Å². The number of nitrogens with zero attached hydrogens (tertiary/aromatic N) is 1. The lowest BCUT2D eigenvalue weighted by atomic mass is 10.1. The Morgan fingerprint density at radius 2 is 1.54 bits per heavy atom. The molecule has 0 spiro atoms. The van der Waals surface area contributed by atoms with E-state index in [1.165, 1.54) is 24.3 Å². The Labute approximate surface area is 203 Å². The summed E-state index contributed by atoms with van der Waals surface area (Å²) >= 11 is 0. The molecular weight excluding hydrogens is 464 g/mol. The second-order valence-electron chi connectivity index (χ2n) is 7.47. The molecule has 0 aliphatic heterocycles. The summed E-state index contributed by atoms with van der Waals surface area (Å²) in [5.74, 6) is 0.178. The van der Waals surface area contributed by atoms with Gasteiger partial charge in [0, 0.05) is 5.69 Å². The normalized spacial score (nSPS) is 11.5. The van der Waals surface area contributed by atoms with Crippen LogP contribution in [-0.2, 0) is 14.9 Å². The fourth-order valence-corrected chi connectivity index (χ4v) is 4.27. The zero-order valence-electron chi connectivity index (χ0n) is 18.6. The molecule has 0 aliphatic carbocycles. The number of nitriles is 1. The third-order valence-corrected chi connectivity index (χ3v) is 6.36. The zero-order valence-corrected chi connectivity index (χ0v) is 19.5. The van der Waals surface area contributed by atoms with Crippen LogP contribution in [0.3, 0.4) is 0 Å². The van der Waals surface area contributed by atoms with Gasteiger partial charge >= 0.3 is 10.1 Å². The average Bonchev–Trinajstić information content (AvgIpc) is 2.88. The maximum absolute atomic E-state index is 12.7. The Bertz CT molecular complexity index is 1550. The molecule has 0 saturated carbocycles. The lowest BCUT2D eigenvalue weighted by molar-refractivity contribution is -0.112. The maximum atomic E-state index is 12.7. The summed E-state index contributed by atoms with van der Waals surface area (Å²) in [4.78, 5) is 12.5. The summed E-state index contributed by atoms with van der Waals surface area (Å²) in [5, 5.41) is 13.8. The van der Waals surface area contributed by atoms with Gasteiger partial charge in [-0.1, -0.05) is 42.5 Å². The van der Waals surface area contributed by atoms with Gasteiger partial charge in [0.05, 0.1) is 7.11 Å². The highest BCUT2D eigenvalue weighted by Crippen LogP contribution is 2.24. The highest BCUT2D eigenvalue weighted by molar-refractivity contribution is 7.87. The molecule has 174 valence electrons. The van der Waals surface area contributed by atoms with Crippen LogP contribution in [0.1, 0.15) is 5.56 Å². The van der Waals surface area contributed by atoms with Crippen molar-refractivity contribution in [1.29, 1.82) is 5.26 Å². The minimum atomic E-state index is -4.04. The lowest BCUT2D eigenvalue weighted by Crippen LogP contribution is -2.13. The number of amides is 1. The van der Waals surface area contributed by atoms with Crippen LogP contribution in [0.15, 0.2) is 101 Å².